The average molecular weight is 451 g/mol. The van der Waals surface area contributed by atoms with Crippen molar-refractivity contribution in [2.45, 2.75) is 65.5 Å². The van der Waals surface area contributed by atoms with E-state index in [0.717, 1.165) is 44.5 Å². The zero-order chi connectivity index (χ0) is 23.5. The third-order valence-corrected chi connectivity index (χ3v) is 6.50. The van der Waals surface area contributed by atoms with Crippen LogP contribution >= 0.6 is 0 Å². The van der Waals surface area contributed by atoms with Crippen molar-refractivity contribution in [2.75, 3.05) is 26.2 Å². The third-order valence-electron chi connectivity index (χ3n) is 6.50. The molecule has 178 valence electrons. The number of hydrogen-bond acceptors (Lipinski definition) is 4. The maximum absolute atomic E-state index is 12.4. The smallest absolute Gasteiger partial charge is 0.409 e. The molecule has 4 rings (SSSR count). The SMILES string of the molecule is CCCNCc1ccc(-c2ccc3c(c2)CC2(CCN(C(=O)OCC(C)(C)C)CC2)O3)cc1. The summed E-state index contributed by atoms with van der Waals surface area (Å²) in [7, 11) is 0. The summed E-state index contributed by atoms with van der Waals surface area (Å²) >= 11 is 0. The van der Waals surface area contributed by atoms with Gasteiger partial charge in [-0.15, -0.1) is 0 Å². The number of nitrogens with zero attached hydrogens (tertiary/aromatic N) is 1. The van der Waals surface area contributed by atoms with E-state index in [1.807, 2.05) is 4.90 Å². The number of piperidine rings is 1. The number of amides is 1. The van der Waals surface area contributed by atoms with E-state index in [1.165, 1.54) is 22.3 Å². The van der Waals surface area contributed by atoms with E-state index < -0.39 is 0 Å². The normalized spacial score (nSPS) is 17.0. The summed E-state index contributed by atoms with van der Waals surface area (Å²) in [5.41, 5.74) is 4.82. The number of benzene rings is 2. The highest BCUT2D eigenvalue weighted by Crippen LogP contribution is 2.42. The van der Waals surface area contributed by atoms with Crippen LogP contribution in [-0.4, -0.2) is 42.8 Å². The number of likely N-dealkylation sites (tertiary alicyclic amines) is 1. The van der Waals surface area contributed by atoms with Crippen LogP contribution in [-0.2, 0) is 17.7 Å². The predicted octanol–water partition coefficient (Wildman–Crippen LogP) is 5.81. The Labute approximate surface area is 198 Å². The largest absolute Gasteiger partial charge is 0.487 e. The molecule has 1 N–H and O–H groups in total. The first-order chi connectivity index (χ1) is 15.8. The van der Waals surface area contributed by atoms with Gasteiger partial charge in [0.25, 0.3) is 0 Å². The van der Waals surface area contributed by atoms with Gasteiger partial charge in [0.15, 0.2) is 0 Å². The van der Waals surface area contributed by atoms with Crippen molar-refractivity contribution in [3.05, 3.63) is 53.6 Å². The molecular weight excluding hydrogens is 412 g/mol. The number of ether oxygens (including phenoxy) is 2. The molecule has 0 radical (unpaired) electrons. The van der Waals surface area contributed by atoms with E-state index in [2.05, 4.69) is 75.5 Å². The lowest BCUT2D eigenvalue weighted by molar-refractivity contribution is 0.00956. The van der Waals surface area contributed by atoms with Crippen molar-refractivity contribution in [2.24, 2.45) is 5.41 Å². The highest BCUT2D eigenvalue weighted by atomic mass is 16.6. The first-order valence-corrected chi connectivity index (χ1v) is 12.3. The summed E-state index contributed by atoms with van der Waals surface area (Å²) < 4.78 is 12.0. The maximum atomic E-state index is 12.4. The van der Waals surface area contributed by atoms with Crippen molar-refractivity contribution in [1.29, 1.82) is 0 Å². The summed E-state index contributed by atoms with van der Waals surface area (Å²) in [4.78, 5) is 14.2. The molecule has 0 aromatic heterocycles. The standard InChI is InChI=1S/C28H38N2O3/c1-5-14-29-19-21-6-8-22(9-7-21)23-10-11-25-24(17-23)18-28(33-25)12-15-30(16-13-28)26(31)32-20-27(2,3)4/h6-11,17,29H,5,12-16,18-20H2,1-4H3. The van der Waals surface area contributed by atoms with Crippen molar-refractivity contribution in [3.63, 3.8) is 0 Å². The van der Waals surface area contributed by atoms with Crippen LogP contribution in [0.4, 0.5) is 4.79 Å². The summed E-state index contributed by atoms with van der Waals surface area (Å²) in [6.07, 6.45) is 3.52. The van der Waals surface area contributed by atoms with Crippen LogP contribution in [0.2, 0.25) is 0 Å². The number of nitrogens with one attached hydrogen (secondary N) is 1. The molecule has 0 unspecified atom stereocenters. The maximum Gasteiger partial charge on any atom is 0.409 e. The number of hydrogen-bond donors (Lipinski definition) is 1. The summed E-state index contributed by atoms with van der Waals surface area (Å²) in [6.45, 7) is 12.2. The van der Waals surface area contributed by atoms with Gasteiger partial charge < -0.3 is 19.7 Å². The van der Waals surface area contributed by atoms with Crippen LogP contribution in [0.1, 0.15) is 58.1 Å². The van der Waals surface area contributed by atoms with Crippen LogP contribution in [0, 0.1) is 5.41 Å². The number of rotatable bonds is 6. The van der Waals surface area contributed by atoms with Gasteiger partial charge in [-0.05, 0) is 52.8 Å². The first kappa shape index (κ1) is 23.6. The summed E-state index contributed by atoms with van der Waals surface area (Å²) in [5.74, 6) is 0.989. The van der Waals surface area contributed by atoms with Gasteiger partial charge in [0.2, 0.25) is 0 Å². The second-order valence-electron chi connectivity index (χ2n) is 10.8. The molecule has 33 heavy (non-hydrogen) atoms. The molecule has 2 aliphatic rings. The highest BCUT2D eigenvalue weighted by molar-refractivity contribution is 5.68. The molecule has 0 aliphatic carbocycles. The zero-order valence-corrected chi connectivity index (χ0v) is 20.6. The minimum Gasteiger partial charge on any atom is -0.487 e. The highest BCUT2D eigenvalue weighted by Gasteiger charge is 2.43. The van der Waals surface area contributed by atoms with E-state index in [1.54, 1.807) is 0 Å². The molecule has 0 bridgehead atoms. The lowest BCUT2D eigenvalue weighted by Crippen LogP contribution is -2.49. The minimum atomic E-state index is -0.203. The van der Waals surface area contributed by atoms with Crippen LogP contribution < -0.4 is 10.1 Å². The Morgan fingerprint density at radius 1 is 1.09 bits per heavy atom. The second kappa shape index (κ2) is 9.76. The lowest BCUT2D eigenvalue weighted by Gasteiger charge is -2.38. The van der Waals surface area contributed by atoms with Gasteiger partial charge in [-0.25, -0.2) is 4.79 Å². The molecule has 0 atom stereocenters. The Kier molecular flexibility index (Phi) is 6.99. The fourth-order valence-corrected chi connectivity index (χ4v) is 4.58. The monoisotopic (exact) mass is 450 g/mol. The molecule has 1 amide bonds. The van der Waals surface area contributed by atoms with Gasteiger partial charge in [0.05, 0.1) is 6.61 Å². The van der Waals surface area contributed by atoms with E-state index in [0.29, 0.717) is 19.7 Å². The fraction of sp³-hybridized carbons (Fsp3) is 0.536. The van der Waals surface area contributed by atoms with Gasteiger partial charge in [-0.1, -0.05) is 58.0 Å². The van der Waals surface area contributed by atoms with Crippen molar-refractivity contribution in [3.8, 4) is 16.9 Å². The zero-order valence-electron chi connectivity index (χ0n) is 20.6. The summed E-state index contributed by atoms with van der Waals surface area (Å²) in [6, 6.07) is 15.4. The van der Waals surface area contributed by atoms with Crippen molar-refractivity contribution in [1.82, 2.24) is 10.2 Å². The molecule has 5 heteroatoms. The molecule has 1 fully saturated rings. The molecule has 2 aromatic carbocycles. The fourth-order valence-electron chi connectivity index (χ4n) is 4.58. The molecule has 5 nitrogen and oxygen atoms in total. The molecule has 1 spiro atoms. The minimum absolute atomic E-state index is 0.0210. The number of carbonyl (C=O) groups excluding carboxylic acids is 1. The molecule has 2 aliphatic heterocycles. The molecule has 0 saturated carbocycles. The Bertz CT molecular complexity index is 954. The van der Waals surface area contributed by atoms with E-state index in [4.69, 9.17) is 9.47 Å². The topological polar surface area (TPSA) is 50.8 Å². The van der Waals surface area contributed by atoms with E-state index >= 15 is 0 Å². The quantitative estimate of drug-likeness (QED) is 0.565. The second-order valence-corrected chi connectivity index (χ2v) is 10.8. The lowest BCUT2D eigenvalue weighted by atomic mass is 9.86. The average Bonchev–Trinajstić information content (AvgIpc) is 3.15. The number of carbonyl (C=O) groups is 1. The number of fused-ring (bicyclic) bond motifs is 1. The third kappa shape index (κ3) is 5.89. The Hall–Kier alpha value is -2.53. The molecule has 2 aromatic rings. The van der Waals surface area contributed by atoms with Gasteiger partial charge in [0.1, 0.15) is 11.4 Å². The van der Waals surface area contributed by atoms with E-state index in [9.17, 15) is 4.79 Å². The Balaban J connectivity index is 1.35. The van der Waals surface area contributed by atoms with Crippen molar-refractivity contribution >= 4 is 6.09 Å². The predicted molar refractivity (Wildman–Crippen MR) is 133 cm³/mol. The van der Waals surface area contributed by atoms with Crippen LogP contribution in [0.15, 0.2) is 42.5 Å². The first-order valence-electron chi connectivity index (χ1n) is 12.3. The van der Waals surface area contributed by atoms with Crippen LogP contribution in [0.5, 0.6) is 5.75 Å². The van der Waals surface area contributed by atoms with Gasteiger partial charge in [0, 0.05) is 38.9 Å². The molecule has 1 saturated heterocycles. The van der Waals surface area contributed by atoms with Gasteiger partial charge in [-0.3, -0.25) is 0 Å². The van der Waals surface area contributed by atoms with Gasteiger partial charge in [-0.2, -0.15) is 0 Å². The van der Waals surface area contributed by atoms with E-state index in [-0.39, 0.29) is 17.1 Å². The van der Waals surface area contributed by atoms with Crippen LogP contribution in [0.3, 0.4) is 0 Å². The van der Waals surface area contributed by atoms with Crippen LogP contribution in [0.25, 0.3) is 11.1 Å². The Morgan fingerprint density at radius 2 is 1.79 bits per heavy atom. The van der Waals surface area contributed by atoms with Gasteiger partial charge >= 0.3 is 6.09 Å². The molecule has 2 heterocycles. The molecular formula is C28H38N2O3. The Morgan fingerprint density at radius 3 is 2.45 bits per heavy atom. The van der Waals surface area contributed by atoms with Crippen molar-refractivity contribution < 1.29 is 14.3 Å². The summed E-state index contributed by atoms with van der Waals surface area (Å²) in [5, 5.41) is 3.45.